The van der Waals surface area contributed by atoms with Gasteiger partial charge in [0.25, 0.3) is 5.91 Å². The van der Waals surface area contributed by atoms with Crippen molar-refractivity contribution in [1.82, 2.24) is 4.98 Å². The van der Waals surface area contributed by atoms with Gasteiger partial charge in [0, 0.05) is 34.9 Å². The first-order valence-electron chi connectivity index (χ1n) is 8.58. The number of furan rings is 1. The highest BCUT2D eigenvalue weighted by atomic mass is 16.3. The van der Waals surface area contributed by atoms with Crippen LogP contribution in [0.5, 0.6) is 0 Å². The molecule has 1 aliphatic rings. The Morgan fingerprint density at radius 3 is 2.72 bits per heavy atom. The van der Waals surface area contributed by atoms with Gasteiger partial charge in [0.05, 0.1) is 0 Å². The molecule has 126 valence electrons. The van der Waals surface area contributed by atoms with E-state index in [1.165, 1.54) is 5.56 Å². The second-order valence-electron chi connectivity index (χ2n) is 6.49. The maximum absolute atomic E-state index is 12.4. The third-order valence-electron chi connectivity index (χ3n) is 4.78. The fourth-order valence-electron chi connectivity index (χ4n) is 3.55. The molecular formula is C21H20N2O2. The van der Waals surface area contributed by atoms with Crippen LogP contribution in [0.2, 0.25) is 0 Å². The van der Waals surface area contributed by atoms with Crippen LogP contribution in [-0.4, -0.2) is 10.9 Å². The lowest BCUT2D eigenvalue weighted by molar-refractivity contribution is 0.102. The topological polar surface area (TPSA) is 55.1 Å². The van der Waals surface area contributed by atoms with Gasteiger partial charge in [-0.3, -0.25) is 4.79 Å². The molecule has 1 amide bonds. The number of fused-ring (bicyclic) bond motifs is 1. The van der Waals surface area contributed by atoms with E-state index in [0.29, 0.717) is 11.4 Å². The highest BCUT2D eigenvalue weighted by Gasteiger charge is 2.23. The standard InChI is InChI=1S/C21H20N2O2/c1-13-6-3-4-7-16(13)21(24)23-19-11-10-15(12-22-19)20-14(2)25-18-9-5-8-17(18)20/h3-4,6-7,10-12H,5,8-9H2,1-2H3,(H,22,23,24). The Bertz CT molecular complexity index is 939. The number of anilines is 1. The van der Waals surface area contributed by atoms with Gasteiger partial charge in [-0.05, 0) is 50.5 Å². The molecule has 25 heavy (non-hydrogen) atoms. The van der Waals surface area contributed by atoms with Crippen molar-refractivity contribution in [1.29, 1.82) is 0 Å². The zero-order chi connectivity index (χ0) is 17.4. The molecule has 1 aromatic carbocycles. The van der Waals surface area contributed by atoms with Gasteiger partial charge in [-0.25, -0.2) is 4.98 Å². The number of aromatic nitrogens is 1. The van der Waals surface area contributed by atoms with Crippen LogP contribution in [0.3, 0.4) is 0 Å². The van der Waals surface area contributed by atoms with Gasteiger partial charge >= 0.3 is 0 Å². The summed E-state index contributed by atoms with van der Waals surface area (Å²) in [4.78, 5) is 16.8. The fourth-order valence-corrected chi connectivity index (χ4v) is 3.55. The number of aryl methyl sites for hydroxylation is 3. The van der Waals surface area contributed by atoms with Gasteiger partial charge in [-0.2, -0.15) is 0 Å². The molecule has 4 heteroatoms. The van der Waals surface area contributed by atoms with Crippen LogP contribution >= 0.6 is 0 Å². The Labute approximate surface area is 146 Å². The molecule has 4 nitrogen and oxygen atoms in total. The first kappa shape index (κ1) is 15.6. The van der Waals surface area contributed by atoms with Crippen molar-refractivity contribution in [2.75, 3.05) is 5.32 Å². The molecule has 1 N–H and O–H groups in total. The summed E-state index contributed by atoms with van der Waals surface area (Å²) in [6, 6.07) is 11.4. The normalized spacial score (nSPS) is 12.9. The second-order valence-corrected chi connectivity index (χ2v) is 6.49. The zero-order valence-corrected chi connectivity index (χ0v) is 14.4. The average molecular weight is 332 g/mol. The first-order valence-corrected chi connectivity index (χ1v) is 8.58. The van der Waals surface area contributed by atoms with Crippen molar-refractivity contribution in [3.63, 3.8) is 0 Å². The average Bonchev–Trinajstić information content (AvgIpc) is 3.16. The van der Waals surface area contributed by atoms with E-state index < -0.39 is 0 Å². The van der Waals surface area contributed by atoms with Crippen LogP contribution in [0.1, 0.15) is 39.4 Å². The predicted molar refractivity (Wildman–Crippen MR) is 97.8 cm³/mol. The zero-order valence-electron chi connectivity index (χ0n) is 14.4. The van der Waals surface area contributed by atoms with E-state index in [4.69, 9.17) is 4.42 Å². The summed E-state index contributed by atoms with van der Waals surface area (Å²) >= 11 is 0. The van der Waals surface area contributed by atoms with E-state index in [2.05, 4.69) is 10.3 Å². The van der Waals surface area contributed by atoms with Crippen LogP contribution in [0.15, 0.2) is 47.0 Å². The number of nitrogens with zero attached hydrogens (tertiary/aromatic N) is 1. The number of carbonyl (C=O) groups is 1. The summed E-state index contributed by atoms with van der Waals surface area (Å²) in [5.41, 5.74) is 5.13. The highest BCUT2D eigenvalue weighted by Crippen LogP contribution is 2.37. The first-order chi connectivity index (χ1) is 12.1. The second kappa shape index (κ2) is 6.20. The Morgan fingerprint density at radius 2 is 1.96 bits per heavy atom. The molecule has 0 fully saturated rings. The summed E-state index contributed by atoms with van der Waals surface area (Å²) in [5, 5.41) is 2.87. The maximum atomic E-state index is 12.4. The van der Waals surface area contributed by atoms with Crippen molar-refractivity contribution in [3.8, 4) is 11.1 Å². The third-order valence-corrected chi connectivity index (χ3v) is 4.78. The summed E-state index contributed by atoms with van der Waals surface area (Å²) in [7, 11) is 0. The monoisotopic (exact) mass is 332 g/mol. The number of hydrogen-bond donors (Lipinski definition) is 1. The number of nitrogens with one attached hydrogen (secondary N) is 1. The number of rotatable bonds is 3. The van der Waals surface area contributed by atoms with Crippen molar-refractivity contribution in [2.24, 2.45) is 0 Å². The number of amides is 1. The number of pyridine rings is 1. The van der Waals surface area contributed by atoms with Gasteiger partial charge in [0.2, 0.25) is 0 Å². The summed E-state index contributed by atoms with van der Waals surface area (Å²) in [6.07, 6.45) is 5.05. The van der Waals surface area contributed by atoms with Crippen molar-refractivity contribution in [3.05, 3.63) is 70.8 Å². The lowest BCUT2D eigenvalue weighted by Gasteiger charge is -2.08. The lowest BCUT2D eigenvalue weighted by atomic mass is 10.0. The molecule has 0 radical (unpaired) electrons. The van der Waals surface area contributed by atoms with Crippen LogP contribution < -0.4 is 5.32 Å². The Hall–Kier alpha value is -2.88. The van der Waals surface area contributed by atoms with E-state index in [1.807, 2.05) is 56.4 Å². The fraction of sp³-hybridized carbons (Fsp3) is 0.238. The van der Waals surface area contributed by atoms with E-state index in [-0.39, 0.29) is 5.91 Å². The van der Waals surface area contributed by atoms with E-state index in [1.54, 1.807) is 0 Å². The molecular weight excluding hydrogens is 312 g/mol. The Morgan fingerprint density at radius 1 is 1.12 bits per heavy atom. The van der Waals surface area contributed by atoms with Crippen LogP contribution in [0, 0.1) is 13.8 Å². The number of benzene rings is 1. The van der Waals surface area contributed by atoms with Gasteiger partial charge < -0.3 is 9.73 Å². The van der Waals surface area contributed by atoms with Crippen LogP contribution in [0.4, 0.5) is 5.82 Å². The highest BCUT2D eigenvalue weighted by molar-refractivity contribution is 6.04. The van der Waals surface area contributed by atoms with Gasteiger partial charge in [0.1, 0.15) is 17.3 Å². The molecule has 0 atom stereocenters. The molecule has 1 aliphatic carbocycles. The quantitative estimate of drug-likeness (QED) is 0.756. The molecule has 0 unspecified atom stereocenters. The molecule has 4 rings (SSSR count). The predicted octanol–water partition coefficient (Wildman–Crippen LogP) is 4.70. The molecule has 2 heterocycles. The van der Waals surface area contributed by atoms with Crippen LogP contribution in [-0.2, 0) is 12.8 Å². The number of carbonyl (C=O) groups excluding carboxylic acids is 1. The minimum Gasteiger partial charge on any atom is -0.465 e. The smallest absolute Gasteiger partial charge is 0.257 e. The summed E-state index contributed by atoms with van der Waals surface area (Å²) in [6.45, 7) is 3.93. The molecule has 2 aromatic heterocycles. The summed E-state index contributed by atoms with van der Waals surface area (Å²) < 4.78 is 5.88. The van der Waals surface area contributed by atoms with Gasteiger partial charge in [-0.1, -0.05) is 18.2 Å². The lowest BCUT2D eigenvalue weighted by Crippen LogP contribution is -2.14. The van der Waals surface area contributed by atoms with E-state index >= 15 is 0 Å². The third kappa shape index (κ3) is 2.84. The van der Waals surface area contributed by atoms with Crippen molar-refractivity contribution < 1.29 is 9.21 Å². The Balaban J connectivity index is 1.57. The largest absolute Gasteiger partial charge is 0.465 e. The molecule has 0 spiro atoms. The Kier molecular flexibility index (Phi) is 3.88. The number of hydrogen-bond acceptors (Lipinski definition) is 3. The SMILES string of the molecule is Cc1ccccc1C(=O)Nc1ccc(-c2c(C)oc3c2CCC3)cn1. The van der Waals surface area contributed by atoms with Gasteiger partial charge in [-0.15, -0.1) is 0 Å². The van der Waals surface area contributed by atoms with E-state index in [9.17, 15) is 4.79 Å². The van der Waals surface area contributed by atoms with E-state index in [0.717, 1.165) is 47.5 Å². The van der Waals surface area contributed by atoms with Crippen molar-refractivity contribution in [2.45, 2.75) is 33.1 Å². The van der Waals surface area contributed by atoms with Gasteiger partial charge in [0.15, 0.2) is 0 Å². The van der Waals surface area contributed by atoms with Crippen molar-refractivity contribution >= 4 is 11.7 Å². The minimum atomic E-state index is -0.140. The molecule has 0 aliphatic heterocycles. The molecule has 0 saturated heterocycles. The maximum Gasteiger partial charge on any atom is 0.257 e. The van der Waals surface area contributed by atoms with Crippen LogP contribution in [0.25, 0.3) is 11.1 Å². The minimum absolute atomic E-state index is 0.140. The molecule has 0 bridgehead atoms. The molecule has 3 aromatic rings. The molecule has 0 saturated carbocycles. The summed E-state index contributed by atoms with van der Waals surface area (Å²) in [5.74, 6) is 2.47.